The number of halogens is 1. The van der Waals surface area contributed by atoms with E-state index >= 15 is 0 Å². The quantitative estimate of drug-likeness (QED) is 0.313. The van der Waals surface area contributed by atoms with Crippen molar-refractivity contribution in [2.45, 2.75) is 0 Å². The minimum atomic E-state index is 0.274. The molecule has 0 N–H and O–H groups in total. The summed E-state index contributed by atoms with van der Waals surface area (Å²) in [5, 5.41) is 0. The average molecular weight is 152 g/mol. The predicted octanol–water partition coefficient (Wildman–Crippen LogP) is 0.716. The summed E-state index contributed by atoms with van der Waals surface area (Å²) in [6.45, 7) is 0.522. The lowest BCUT2D eigenvalue weighted by Gasteiger charge is -2.03. The van der Waals surface area contributed by atoms with Crippen LogP contribution in [0.2, 0.25) is 0 Å². The third-order valence-corrected chi connectivity index (χ3v) is 2.40. The summed E-state index contributed by atoms with van der Waals surface area (Å²) < 4.78 is 1.84. The summed E-state index contributed by atoms with van der Waals surface area (Å²) in [6.07, 6.45) is 0. The number of alkyl halides is 1. The Morgan fingerprint density at radius 3 is 2.88 bits per heavy atom. The fourth-order valence-electron chi connectivity index (χ4n) is 0.528. The predicted molar refractivity (Wildman–Crippen MR) is 34.9 cm³/mol. The van der Waals surface area contributed by atoms with Gasteiger partial charge in [0, 0.05) is 0 Å². The second-order valence-electron chi connectivity index (χ2n) is 1.57. The molecule has 1 heterocycles. The van der Waals surface area contributed by atoms with Crippen molar-refractivity contribution in [3.05, 3.63) is 0 Å². The van der Waals surface area contributed by atoms with Crippen LogP contribution in [0.4, 0.5) is 0 Å². The van der Waals surface area contributed by atoms with Gasteiger partial charge in [-0.2, -0.15) is 0 Å². The maximum Gasteiger partial charge on any atom is 0.159 e. The second-order valence-corrected chi connectivity index (χ2v) is 2.87. The Bertz CT molecular complexity index is 108. The average Bonchev–Trinajstić information content (AvgIpc) is 2.14. The third-order valence-electron chi connectivity index (χ3n) is 0.894. The zero-order chi connectivity index (χ0) is 5.98. The van der Waals surface area contributed by atoms with E-state index in [1.54, 1.807) is 0 Å². The van der Waals surface area contributed by atoms with Crippen LogP contribution in [-0.2, 0) is 4.79 Å². The van der Waals surface area contributed by atoms with E-state index < -0.39 is 0 Å². The Balaban J connectivity index is 2.32. The number of rotatable bonds is 1. The number of Topliss-reactive ketones (excluding diaryl/α,β-unsaturated/α-hetero) is 1. The lowest BCUT2D eigenvalue weighted by atomic mass is 10.5. The van der Waals surface area contributed by atoms with Crippen molar-refractivity contribution < 1.29 is 4.79 Å². The first-order valence-electron chi connectivity index (χ1n) is 2.28. The second kappa shape index (κ2) is 2.71. The smallest absolute Gasteiger partial charge is 0.159 e. The first-order chi connectivity index (χ1) is 3.83. The van der Waals surface area contributed by atoms with E-state index in [9.17, 15) is 4.79 Å². The largest absolute Gasteiger partial charge is 0.297 e. The van der Waals surface area contributed by atoms with E-state index in [4.69, 9.17) is 11.6 Å². The van der Waals surface area contributed by atoms with Crippen LogP contribution < -0.4 is 0 Å². The van der Waals surface area contributed by atoms with Crippen molar-refractivity contribution in [3.8, 4) is 0 Å². The molecular weight excluding hydrogens is 146 g/mol. The molecule has 0 radical (unpaired) electrons. The van der Waals surface area contributed by atoms with Crippen LogP contribution in [0.3, 0.4) is 0 Å². The molecule has 1 aliphatic rings. The molecule has 1 aliphatic heterocycles. The Morgan fingerprint density at radius 2 is 2.62 bits per heavy atom. The van der Waals surface area contributed by atoms with Crippen molar-refractivity contribution in [2.75, 3.05) is 18.3 Å². The Labute approximate surface area is 57.3 Å². The maximum absolute atomic E-state index is 10.5. The number of hydrogen-bond acceptors (Lipinski definition) is 3. The summed E-state index contributed by atoms with van der Waals surface area (Å²) in [5.41, 5.74) is 0. The highest BCUT2D eigenvalue weighted by atomic mass is 35.5. The Hall–Kier alpha value is 0.270. The molecule has 0 bridgehead atoms. The molecule has 0 atom stereocenters. The summed E-state index contributed by atoms with van der Waals surface area (Å²) in [7, 11) is 0. The molecule has 0 unspecified atom stereocenters. The van der Waals surface area contributed by atoms with Crippen LogP contribution >= 0.6 is 23.5 Å². The van der Waals surface area contributed by atoms with Crippen LogP contribution in [0, 0.1) is 0 Å². The van der Waals surface area contributed by atoms with Gasteiger partial charge in [-0.25, -0.2) is 4.31 Å². The van der Waals surface area contributed by atoms with Gasteiger partial charge in [-0.05, 0) is 0 Å². The van der Waals surface area contributed by atoms with Crippen molar-refractivity contribution in [1.82, 2.24) is 4.31 Å². The van der Waals surface area contributed by atoms with Crippen LogP contribution in [0.15, 0.2) is 0 Å². The lowest BCUT2D eigenvalue weighted by molar-refractivity contribution is -0.115. The number of ketones is 1. The normalized spacial score (nSPS) is 22.4. The van der Waals surface area contributed by atoms with E-state index in [2.05, 4.69) is 0 Å². The molecule has 1 fully saturated rings. The third kappa shape index (κ3) is 1.37. The minimum absolute atomic E-state index is 0.274. The lowest BCUT2D eigenvalue weighted by Crippen LogP contribution is -2.12. The van der Waals surface area contributed by atoms with Gasteiger partial charge in [0.15, 0.2) is 5.78 Å². The molecule has 4 heteroatoms. The molecule has 0 amide bonds. The van der Waals surface area contributed by atoms with Gasteiger partial charge >= 0.3 is 0 Å². The monoisotopic (exact) mass is 151 g/mol. The molecule has 0 saturated carbocycles. The van der Waals surface area contributed by atoms with E-state index in [0.29, 0.717) is 18.3 Å². The van der Waals surface area contributed by atoms with E-state index in [-0.39, 0.29) is 5.78 Å². The molecule has 0 aliphatic carbocycles. The fourth-order valence-corrected chi connectivity index (χ4v) is 1.54. The van der Waals surface area contributed by atoms with Crippen molar-refractivity contribution >= 4 is 29.3 Å². The fraction of sp³-hybridized carbons (Fsp3) is 0.750. The van der Waals surface area contributed by atoms with Gasteiger partial charge in [0.1, 0.15) is 0 Å². The zero-order valence-corrected chi connectivity index (χ0v) is 5.84. The van der Waals surface area contributed by atoms with E-state index in [1.165, 1.54) is 11.9 Å². The summed E-state index contributed by atoms with van der Waals surface area (Å²) in [6, 6.07) is 0.455. The first kappa shape index (κ1) is 6.39. The molecule has 46 valence electrons. The van der Waals surface area contributed by atoms with Gasteiger partial charge in [-0.1, -0.05) is 11.9 Å². The van der Waals surface area contributed by atoms with Gasteiger partial charge in [-0.15, -0.1) is 11.6 Å². The molecule has 0 aromatic carbocycles. The molecule has 1 rings (SSSR count). The number of carbonyl (C=O) groups excluding carboxylic acids is 1. The molecule has 2 nitrogen and oxygen atoms in total. The molecule has 8 heavy (non-hydrogen) atoms. The molecule has 0 spiro atoms. The Morgan fingerprint density at radius 1 is 1.88 bits per heavy atom. The Kier molecular flexibility index (Phi) is 2.16. The van der Waals surface area contributed by atoms with Crippen LogP contribution in [-0.4, -0.2) is 28.4 Å². The van der Waals surface area contributed by atoms with Crippen molar-refractivity contribution in [1.29, 1.82) is 0 Å². The van der Waals surface area contributed by atoms with Crippen molar-refractivity contribution in [2.24, 2.45) is 0 Å². The highest BCUT2D eigenvalue weighted by molar-refractivity contribution is 7.98. The zero-order valence-electron chi connectivity index (χ0n) is 4.26. The molecule has 0 aromatic rings. The van der Waals surface area contributed by atoms with Crippen LogP contribution in [0.1, 0.15) is 0 Å². The van der Waals surface area contributed by atoms with Gasteiger partial charge in [0.05, 0.1) is 18.3 Å². The first-order valence-corrected chi connectivity index (χ1v) is 3.76. The SMILES string of the molecule is O=C1CSN(CCl)C1. The standard InChI is InChI=1S/C4H6ClNOS/c5-3-6-1-4(7)2-8-6/h1-3H2. The molecule has 1 saturated heterocycles. The van der Waals surface area contributed by atoms with Gasteiger partial charge in [0.25, 0.3) is 0 Å². The van der Waals surface area contributed by atoms with Gasteiger partial charge < -0.3 is 0 Å². The van der Waals surface area contributed by atoms with E-state index in [0.717, 1.165) is 0 Å². The van der Waals surface area contributed by atoms with Crippen LogP contribution in [0.25, 0.3) is 0 Å². The topological polar surface area (TPSA) is 20.3 Å². The molecule has 0 aromatic heterocycles. The highest BCUT2D eigenvalue weighted by Crippen LogP contribution is 2.16. The number of hydrogen-bond donors (Lipinski definition) is 0. The summed E-state index contributed by atoms with van der Waals surface area (Å²) >= 11 is 6.93. The molecular formula is C4H6ClNOS. The minimum Gasteiger partial charge on any atom is -0.297 e. The summed E-state index contributed by atoms with van der Waals surface area (Å²) in [5.74, 6) is 0.878. The van der Waals surface area contributed by atoms with Gasteiger partial charge in [0.2, 0.25) is 0 Å². The maximum atomic E-state index is 10.5. The summed E-state index contributed by atoms with van der Waals surface area (Å²) in [4.78, 5) is 10.5. The van der Waals surface area contributed by atoms with E-state index in [1.807, 2.05) is 4.31 Å². The van der Waals surface area contributed by atoms with Crippen molar-refractivity contribution in [3.63, 3.8) is 0 Å². The number of nitrogens with zero attached hydrogens (tertiary/aromatic N) is 1. The van der Waals surface area contributed by atoms with Crippen LogP contribution in [0.5, 0.6) is 0 Å². The number of carbonyl (C=O) groups is 1. The highest BCUT2D eigenvalue weighted by Gasteiger charge is 2.18. The van der Waals surface area contributed by atoms with Gasteiger partial charge in [-0.3, -0.25) is 4.79 Å².